The normalized spacial score (nSPS) is 19.2. The van der Waals surface area contributed by atoms with E-state index >= 15 is 0 Å². The molecule has 0 aliphatic heterocycles. The molecule has 1 saturated carbocycles. The van der Waals surface area contributed by atoms with Crippen molar-refractivity contribution in [3.63, 3.8) is 0 Å². The van der Waals surface area contributed by atoms with Crippen molar-refractivity contribution < 1.29 is 9.53 Å². The molecule has 4 aromatic rings. The largest absolute Gasteiger partial charge is 0.491 e. The standard InChI is InChI=1S/C23H25N7O2S/c1-23(7-3-8-23)29-21(31)13-4-5-14-16(10-13)33-22-18(14)20(24-12-25-22)28-19-15(32-2)11-30-17(27-19)6-9-26-30/h6,9,11-13H,3-5,7-8,10H2,1-2H3,(H,29,31)(H,24,25,27,28)/t13-/m0/s1. The average Bonchev–Trinajstić information content (AvgIpc) is 3.40. The molecule has 1 fully saturated rings. The number of nitrogens with one attached hydrogen (secondary N) is 2. The van der Waals surface area contributed by atoms with Crippen LogP contribution in [0.1, 0.15) is 43.0 Å². The third-order valence-electron chi connectivity index (χ3n) is 6.90. The van der Waals surface area contributed by atoms with E-state index < -0.39 is 0 Å². The maximum Gasteiger partial charge on any atom is 0.223 e. The molecule has 1 atom stereocenters. The second-order valence-electron chi connectivity index (χ2n) is 9.17. The number of carbonyl (C=O) groups is 1. The number of rotatable bonds is 5. The second-order valence-corrected chi connectivity index (χ2v) is 10.2. The Labute approximate surface area is 194 Å². The molecule has 2 N–H and O–H groups in total. The number of anilines is 2. The molecule has 2 aliphatic carbocycles. The van der Waals surface area contributed by atoms with Gasteiger partial charge in [-0.25, -0.2) is 19.5 Å². The first-order chi connectivity index (χ1) is 16.0. The Balaban J connectivity index is 1.31. The van der Waals surface area contributed by atoms with Crippen LogP contribution < -0.4 is 15.4 Å². The fourth-order valence-corrected chi connectivity index (χ4v) is 6.12. The van der Waals surface area contributed by atoms with Crippen LogP contribution >= 0.6 is 11.3 Å². The number of methoxy groups -OCH3 is 1. The molecule has 0 spiro atoms. The molecule has 0 bridgehead atoms. The Kier molecular flexibility index (Phi) is 4.72. The first-order valence-corrected chi connectivity index (χ1v) is 12.1. The number of thiophene rings is 1. The molecule has 9 nitrogen and oxygen atoms in total. The topological polar surface area (TPSA) is 106 Å². The van der Waals surface area contributed by atoms with Crippen molar-refractivity contribution in [2.75, 3.05) is 12.4 Å². The smallest absolute Gasteiger partial charge is 0.223 e. The van der Waals surface area contributed by atoms with Crippen LogP contribution in [-0.2, 0) is 17.6 Å². The Morgan fingerprint density at radius 3 is 2.97 bits per heavy atom. The van der Waals surface area contributed by atoms with Crippen LogP contribution in [0.3, 0.4) is 0 Å². The molecule has 2 aliphatic rings. The molecule has 33 heavy (non-hydrogen) atoms. The minimum atomic E-state index is -0.0112. The highest BCUT2D eigenvalue weighted by Crippen LogP contribution is 2.41. The zero-order chi connectivity index (χ0) is 22.6. The SMILES string of the molecule is COc1cn2nccc2nc1Nc1ncnc2sc3c(c12)CC[C@H](C(=O)NC1(C)CCC1)C3. The fourth-order valence-electron chi connectivity index (χ4n) is 4.85. The van der Waals surface area contributed by atoms with Gasteiger partial charge in [0.1, 0.15) is 17.0 Å². The summed E-state index contributed by atoms with van der Waals surface area (Å²) in [7, 11) is 1.61. The van der Waals surface area contributed by atoms with E-state index in [1.54, 1.807) is 41.7 Å². The summed E-state index contributed by atoms with van der Waals surface area (Å²) in [6.45, 7) is 2.15. The summed E-state index contributed by atoms with van der Waals surface area (Å²) in [6, 6.07) is 1.84. The summed E-state index contributed by atoms with van der Waals surface area (Å²) in [6.07, 6.45) is 10.8. The molecule has 1 amide bonds. The highest BCUT2D eigenvalue weighted by atomic mass is 32.1. The summed E-state index contributed by atoms with van der Waals surface area (Å²) in [5, 5.41) is 11.9. The van der Waals surface area contributed by atoms with Gasteiger partial charge in [0, 0.05) is 22.4 Å². The molecule has 6 rings (SSSR count). The van der Waals surface area contributed by atoms with Gasteiger partial charge in [-0.2, -0.15) is 5.10 Å². The van der Waals surface area contributed by atoms with Crippen molar-refractivity contribution in [2.24, 2.45) is 5.92 Å². The van der Waals surface area contributed by atoms with E-state index in [2.05, 4.69) is 37.6 Å². The van der Waals surface area contributed by atoms with E-state index in [-0.39, 0.29) is 17.4 Å². The van der Waals surface area contributed by atoms with Crippen molar-refractivity contribution in [1.29, 1.82) is 0 Å². The summed E-state index contributed by atoms with van der Waals surface area (Å²) < 4.78 is 7.19. The van der Waals surface area contributed by atoms with Gasteiger partial charge < -0.3 is 15.4 Å². The fraction of sp³-hybridized carbons (Fsp3) is 0.435. The van der Waals surface area contributed by atoms with Gasteiger partial charge in [-0.3, -0.25) is 4.79 Å². The van der Waals surface area contributed by atoms with Crippen molar-refractivity contribution in [3.8, 4) is 5.75 Å². The maximum absolute atomic E-state index is 12.9. The molecule has 0 unspecified atom stereocenters. The molecular formula is C23H25N7O2S. The van der Waals surface area contributed by atoms with Crippen LogP contribution in [-0.4, -0.2) is 43.1 Å². The van der Waals surface area contributed by atoms with Gasteiger partial charge in [-0.15, -0.1) is 11.3 Å². The van der Waals surface area contributed by atoms with Gasteiger partial charge in [-0.1, -0.05) is 0 Å². The van der Waals surface area contributed by atoms with Crippen molar-refractivity contribution in [2.45, 2.75) is 51.0 Å². The number of fused-ring (bicyclic) bond motifs is 4. The first kappa shape index (κ1) is 20.3. The third-order valence-corrected chi connectivity index (χ3v) is 8.07. The van der Waals surface area contributed by atoms with Gasteiger partial charge >= 0.3 is 0 Å². The predicted molar refractivity (Wildman–Crippen MR) is 126 cm³/mol. The number of hydrogen-bond donors (Lipinski definition) is 2. The first-order valence-electron chi connectivity index (χ1n) is 11.3. The maximum atomic E-state index is 12.9. The molecule has 0 radical (unpaired) electrons. The zero-order valence-electron chi connectivity index (χ0n) is 18.6. The van der Waals surface area contributed by atoms with Crippen LogP contribution in [0.15, 0.2) is 24.8 Å². The van der Waals surface area contributed by atoms with Gasteiger partial charge in [0.25, 0.3) is 0 Å². The van der Waals surface area contributed by atoms with Crippen molar-refractivity contribution >= 4 is 44.7 Å². The highest BCUT2D eigenvalue weighted by molar-refractivity contribution is 7.19. The Bertz CT molecular complexity index is 1370. The van der Waals surface area contributed by atoms with Crippen LogP contribution in [0.25, 0.3) is 15.9 Å². The number of aromatic nitrogens is 5. The monoisotopic (exact) mass is 463 g/mol. The summed E-state index contributed by atoms with van der Waals surface area (Å²) >= 11 is 1.66. The second kappa shape index (κ2) is 7.65. The lowest BCUT2D eigenvalue weighted by Crippen LogP contribution is -2.53. The van der Waals surface area contributed by atoms with E-state index in [0.717, 1.165) is 42.3 Å². The van der Waals surface area contributed by atoms with Crippen molar-refractivity contribution in [1.82, 2.24) is 29.9 Å². The number of hydrogen-bond acceptors (Lipinski definition) is 8. The summed E-state index contributed by atoms with van der Waals surface area (Å²) in [5.41, 5.74) is 1.94. The zero-order valence-corrected chi connectivity index (χ0v) is 19.4. The number of amides is 1. The Morgan fingerprint density at radius 2 is 2.18 bits per heavy atom. The van der Waals surface area contributed by atoms with Crippen LogP contribution in [0, 0.1) is 5.92 Å². The molecule has 10 heteroatoms. The lowest BCUT2D eigenvalue weighted by Gasteiger charge is -2.40. The summed E-state index contributed by atoms with van der Waals surface area (Å²) in [5.74, 6) is 2.05. The van der Waals surface area contributed by atoms with E-state index in [9.17, 15) is 4.79 Å². The van der Waals surface area contributed by atoms with Crippen LogP contribution in [0.5, 0.6) is 5.75 Å². The van der Waals surface area contributed by atoms with Crippen LogP contribution in [0.2, 0.25) is 0 Å². The quantitative estimate of drug-likeness (QED) is 0.465. The molecule has 0 saturated heterocycles. The van der Waals surface area contributed by atoms with Gasteiger partial charge in [0.05, 0.1) is 24.9 Å². The average molecular weight is 464 g/mol. The van der Waals surface area contributed by atoms with E-state index in [0.29, 0.717) is 23.0 Å². The minimum absolute atomic E-state index is 0.0112. The van der Waals surface area contributed by atoms with E-state index in [1.807, 2.05) is 6.07 Å². The predicted octanol–water partition coefficient (Wildman–Crippen LogP) is 3.65. The Morgan fingerprint density at radius 1 is 1.30 bits per heavy atom. The lowest BCUT2D eigenvalue weighted by atomic mass is 9.77. The third kappa shape index (κ3) is 3.49. The van der Waals surface area contributed by atoms with Crippen LogP contribution in [0.4, 0.5) is 11.6 Å². The summed E-state index contributed by atoms with van der Waals surface area (Å²) in [4.78, 5) is 28.8. The number of aryl methyl sites for hydroxylation is 1. The molecule has 170 valence electrons. The van der Waals surface area contributed by atoms with Crippen molar-refractivity contribution in [3.05, 3.63) is 35.2 Å². The van der Waals surface area contributed by atoms with Gasteiger partial charge in [-0.05, 0) is 51.0 Å². The number of nitrogens with zero attached hydrogens (tertiary/aromatic N) is 5. The molecule has 0 aromatic carbocycles. The molecule has 4 aromatic heterocycles. The molecular weight excluding hydrogens is 438 g/mol. The molecule has 4 heterocycles. The van der Waals surface area contributed by atoms with E-state index in [4.69, 9.17) is 4.74 Å². The minimum Gasteiger partial charge on any atom is -0.491 e. The highest BCUT2D eigenvalue weighted by Gasteiger charge is 2.36. The Hall–Kier alpha value is -3.27. The van der Waals surface area contributed by atoms with Gasteiger partial charge in [0.2, 0.25) is 5.91 Å². The number of ether oxygens (including phenoxy) is 1. The van der Waals surface area contributed by atoms with Gasteiger partial charge in [0.15, 0.2) is 17.2 Å². The number of carbonyl (C=O) groups excluding carboxylic acids is 1. The lowest BCUT2D eigenvalue weighted by molar-refractivity contribution is -0.128. The van der Waals surface area contributed by atoms with E-state index in [1.165, 1.54) is 16.9 Å².